The molecule has 0 aliphatic carbocycles. The highest BCUT2D eigenvalue weighted by Gasteiger charge is 2.16. The van der Waals surface area contributed by atoms with Crippen molar-refractivity contribution in [2.45, 2.75) is 39.3 Å². The van der Waals surface area contributed by atoms with E-state index >= 15 is 0 Å². The minimum absolute atomic E-state index is 0.0344. The Morgan fingerprint density at radius 2 is 2.00 bits per heavy atom. The second-order valence-electron chi connectivity index (χ2n) is 5.74. The fourth-order valence-electron chi connectivity index (χ4n) is 1.77. The molecular formula is C16H26BrNO2. The topological polar surface area (TPSA) is 30.5 Å². The summed E-state index contributed by atoms with van der Waals surface area (Å²) in [7, 11) is 0. The van der Waals surface area contributed by atoms with Gasteiger partial charge in [0.1, 0.15) is 0 Å². The summed E-state index contributed by atoms with van der Waals surface area (Å²) < 4.78 is 12.4. The summed E-state index contributed by atoms with van der Waals surface area (Å²) in [4.78, 5) is 0. The second-order valence-corrected chi connectivity index (χ2v) is 6.66. The van der Waals surface area contributed by atoms with E-state index in [1.165, 1.54) is 5.56 Å². The molecule has 1 unspecified atom stereocenters. The lowest BCUT2D eigenvalue weighted by atomic mass is 10.1. The highest BCUT2D eigenvalue weighted by Crippen LogP contribution is 2.21. The molecular weight excluding hydrogens is 318 g/mol. The molecule has 1 rings (SSSR count). The molecule has 0 aliphatic rings. The van der Waals surface area contributed by atoms with Crippen LogP contribution in [-0.2, 0) is 9.47 Å². The molecule has 0 radical (unpaired) electrons. The van der Waals surface area contributed by atoms with Gasteiger partial charge in [-0.15, -0.1) is 0 Å². The van der Waals surface area contributed by atoms with E-state index in [2.05, 4.69) is 54.2 Å². The Labute approximate surface area is 131 Å². The van der Waals surface area contributed by atoms with Crippen LogP contribution in [0.4, 0.5) is 0 Å². The Hall–Kier alpha value is -0.420. The summed E-state index contributed by atoms with van der Waals surface area (Å²) in [6.07, 6.45) is 0.0344. The van der Waals surface area contributed by atoms with E-state index in [-0.39, 0.29) is 11.6 Å². The van der Waals surface area contributed by atoms with Gasteiger partial charge in [-0.3, -0.25) is 0 Å². The van der Waals surface area contributed by atoms with Gasteiger partial charge < -0.3 is 14.8 Å². The van der Waals surface area contributed by atoms with Gasteiger partial charge in [-0.2, -0.15) is 0 Å². The van der Waals surface area contributed by atoms with Gasteiger partial charge in [0.25, 0.3) is 0 Å². The summed E-state index contributed by atoms with van der Waals surface area (Å²) in [6.45, 7) is 11.2. The van der Waals surface area contributed by atoms with Crippen LogP contribution in [0, 0.1) is 0 Å². The van der Waals surface area contributed by atoms with E-state index in [0.717, 1.165) is 17.6 Å². The molecule has 114 valence electrons. The Balaban J connectivity index is 2.63. The smallest absolute Gasteiger partial charge is 0.0950 e. The van der Waals surface area contributed by atoms with Crippen LogP contribution >= 0.6 is 15.9 Å². The second kappa shape index (κ2) is 8.78. The van der Waals surface area contributed by atoms with Crippen molar-refractivity contribution in [3.05, 3.63) is 34.3 Å². The molecule has 1 atom stereocenters. The standard InChI is InChI=1S/C16H26BrNO2/c1-5-19-9-10-20-15(12-18-16(2,3)4)13-7-6-8-14(17)11-13/h6-8,11,15,18H,5,9-10,12H2,1-4H3. The summed E-state index contributed by atoms with van der Waals surface area (Å²) >= 11 is 3.51. The highest BCUT2D eigenvalue weighted by atomic mass is 79.9. The van der Waals surface area contributed by atoms with Crippen LogP contribution in [-0.4, -0.2) is 31.9 Å². The van der Waals surface area contributed by atoms with E-state index in [9.17, 15) is 0 Å². The van der Waals surface area contributed by atoms with Crippen LogP contribution in [0.1, 0.15) is 39.4 Å². The van der Waals surface area contributed by atoms with Gasteiger partial charge in [0.2, 0.25) is 0 Å². The maximum absolute atomic E-state index is 5.97. The maximum Gasteiger partial charge on any atom is 0.0950 e. The lowest BCUT2D eigenvalue weighted by Crippen LogP contribution is -2.39. The third-order valence-electron chi connectivity index (χ3n) is 2.79. The minimum Gasteiger partial charge on any atom is -0.379 e. The summed E-state index contributed by atoms with van der Waals surface area (Å²) in [6, 6.07) is 8.27. The maximum atomic E-state index is 5.97. The van der Waals surface area contributed by atoms with Crippen LogP contribution in [0.3, 0.4) is 0 Å². The Morgan fingerprint density at radius 1 is 1.25 bits per heavy atom. The summed E-state index contributed by atoms with van der Waals surface area (Å²) in [5, 5.41) is 3.50. The molecule has 1 N–H and O–H groups in total. The lowest BCUT2D eigenvalue weighted by molar-refractivity contribution is 0.00457. The van der Waals surface area contributed by atoms with Crippen LogP contribution in [0.2, 0.25) is 0 Å². The van der Waals surface area contributed by atoms with E-state index < -0.39 is 0 Å². The van der Waals surface area contributed by atoms with Crippen LogP contribution < -0.4 is 5.32 Å². The highest BCUT2D eigenvalue weighted by molar-refractivity contribution is 9.10. The van der Waals surface area contributed by atoms with Crippen molar-refractivity contribution in [2.75, 3.05) is 26.4 Å². The van der Waals surface area contributed by atoms with Gasteiger partial charge in [-0.05, 0) is 45.4 Å². The zero-order valence-electron chi connectivity index (χ0n) is 12.9. The first kappa shape index (κ1) is 17.6. The SMILES string of the molecule is CCOCCOC(CNC(C)(C)C)c1cccc(Br)c1. The van der Waals surface area contributed by atoms with Crippen molar-refractivity contribution in [3.63, 3.8) is 0 Å². The van der Waals surface area contributed by atoms with Crippen molar-refractivity contribution < 1.29 is 9.47 Å². The van der Waals surface area contributed by atoms with Gasteiger partial charge in [-0.25, -0.2) is 0 Å². The zero-order chi connectivity index (χ0) is 15.0. The molecule has 0 bridgehead atoms. The number of halogens is 1. The average Bonchev–Trinajstić information content (AvgIpc) is 2.36. The van der Waals surface area contributed by atoms with Crippen molar-refractivity contribution in [3.8, 4) is 0 Å². The fraction of sp³-hybridized carbons (Fsp3) is 0.625. The summed E-state index contributed by atoms with van der Waals surface area (Å²) in [5.41, 5.74) is 1.25. The first-order valence-corrected chi connectivity index (χ1v) is 7.91. The van der Waals surface area contributed by atoms with E-state index in [1.54, 1.807) is 0 Å². The molecule has 0 saturated carbocycles. The van der Waals surface area contributed by atoms with E-state index in [0.29, 0.717) is 13.2 Å². The zero-order valence-corrected chi connectivity index (χ0v) is 14.5. The third-order valence-corrected chi connectivity index (χ3v) is 3.28. The van der Waals surface area contributed by atoms with E-state index in [1.807, 2.05) is 19.1 Å². The Bertz CT molecular complexity index is 390. The van der Waals surface area contributed by atoms with Crippen molar-refractivity contribution in [1.82, 2.24) is 5.32 Å². The molecule has 0 aromatic heterocycles. The number of ether oxygens (including phenoxy) is 2. The lowest BCUT2D eigenvalue weighted by Gasteiger charge is -2.26. The number of benzene rings is 1. The number of hydrogen-bond acceptors (Lipinski definition) is 3. The fourth-order valence-corrected chi connectivity index (χ4v) is 2.19. The number of hydrogen-bond donors (Lipinski definition) is 1. The first-order chi connectivity index (χ1) is 9.42. The molecule has 4 heteroatoms. The molecule has 0 aliphatic heterocycles. The normalized spacial score (nSPS) is 13.4. The summed E-state index contributed by atoms with van der Waals surface area (Å²) in [5.74, 6) is 0. The molecule has 0 fully saturated rings. The van der Waals surface area contributed by atoms with Gasteiger partial charge in [0, 0.05) is 23.2 Å². The van der Waals surface area contributed by atoms with Crippen LogP contribution in [0.25, 0.3) is 0 Å². The molecule has 0 spiro atoms. The van der Waals surface area contributed by atoms with E-state index in [4.69, 9.17) is 9.47 Å². The molecule has 3 nitrogen and oxygen atoms in total. The molecule has 1 aromatic rings. The molecule has 20 heavy (non-hydrogen) atoms. The third kappa shape index (κ3) is 7.39. The number of rotatable bonds is 8. The Kier molecular flexibility index (Phi) is 7.74. The number of nitrogens with one attached hydrogen (secondary N) is 1. The quantitative estimate of drug-likeness (QED) is 0.725. The molecule has 1 aromatic carbocycles. The van der Waals surface area contributed by atoms with Gasteiger partial charge in [0.15, 0.2) is 0 Å². The monoisotopic (exact) mass is 343 g/mol. The van der Waals surface area contributed by atoms with Gasteiger partial charge in [-0.1, -0.05) is 28.1 Å². The Morgan fingerprint density at radius 3 is 2.60 bits per heavy atom. The molecule has 0 saturated heterocycles. The predicted molar refractivity (Wildman–Crippen MR) is 87.1 cm³/mol. The van der Waals surface area contributed by atoms with Crippen molar-refractivity contribution >= 4 is 15.9 Å². The molecule has 0 amide bonds. The van der Waals surface area contributed by atoms with Crippen LogP contribution in [0.5, 0.6) is 0 Å². The average molecular weight is 344 g/mol. The predicted octanol–water partition coefficient (Wildman–Crippen LogP) is 3.93. The van der Waals surface area contributed by atoms with Crippen molar-refractivity contribution in [2.24, 2.45) is 0 Å². The van der Waals surface area contributed by atoms with Crippen LogP contribution in [0.15, 0.2) is 28.7 Å². The van der Waals surface area contributed by atoms with Crippen molar-refractivity contribution in [1.29, 1.82) is 0 Å². The molecule has 0 heterocycles. The largest absolute Gasteiger partial charge is 0.379 e. The van der Waals surface area contributed by atoms with Gasteiger partial charge >= 0.3 is 0 Å². The first-order valence-electron chi connectivity index (χ1n) is 7.12. The minimum atomic E-state index is 0.0344. The van der Waals surface area contributed by atoms with Gasteiger partial charge in [0.05, 0.1) is 19.3 Å².